The third kappa shape index (κ3) is 6.29. The molecule has 0 saturated carbocycles. The van der Waals surface area contributed by atoms with Crippen LogP contribution in [0.2, 0.25) is 0 Å². The number of hydrogen-bond donors (Lipinski definition) is 4. The number of aryl methyl sites for hydroxylation is 1. The van der Waals surface area contributed by atoms with Crippen LogP contribution in [0.5, 0.6) is 23.0 Å². The van der Waals surface area contributed by atoms with Gasteiger partial charge in [-0.2, -0.15) is 0 Å². The molecule has 5 rings (SSSR count). The molecule has 9 heteroatoms. The fourth-order valence-electron chi connectivity index (χ4n) is 5.41. The number of nitrogens with one attached hydrogen (secondary N) is 1. The first-order chi connectivity index (χ1) is 21.4. The third-order valence-corrected chi connectivity index (χ3v) is 7.69. The smallest absolute Gasteiger partial charge is 0.204 e. The summed E-state index contributed by atoms with van der Waals surface area (Å²) in [6.45, 7) is 2.42. The maximum Gasteiger partial charge on any atom is 0.204 e. The predicted octanol–water partition coefficient (Wildman–Crippen LogP) is 6.17. The molecule has 3 aromatic carbocycles. The second-order valence-corrected chi connectivity index (χ2v) is 10.6. The number of H-pyrrole nitrogens is 1. The molecule has 9 nitrogen and oxygen atoms in total. The quantitative estimate of drug-likeness (QED) is 0.118. The number of rotatable bonds is 13. The van der Waals surface area contributed by atoms with Crippen molar-refractivity contribution in [2.75, 3.05) is 34.0 Å². The van der Waals surface area contributed by atoms with Crippen LogP contribution in [0.4, 0.5) is 0 Å². The number of hydrogen-bond acceptors (Lipinski definition) is 8. The van der Waals surface area contributed by atoms with E-state index in [1.54, 1.807) is 19.2 Å². The van der Waals surface area contributed by atoms with E-state index in [4.69, 9.17) is 18.6 Å². The van der Waals surface area contributed by atoms with Crippen molar-refractivity contribution in [2.45, 2.75) is 32.1 Å². The fraction of sp³-hybridized carbons (Fsp3) is 0.286. The van der Waals surface area contributed by atoms with Gasteiger partial charge in [-0.05, 0) is 59.9 Å². The Balaban J connectivity index is 1.68. The molecule has 0 amide bonds. The molecule has 1 atom stereocenters. The lowest BCUT2D eigenvalue weighted by Crippen LogP contribution is -2.13. The van der Waals surface area contributed by atoms with Crippen LogP contribution in [-0.2, 0) is 17.6 Å². The molecule has 2 heterocycles. The molecule has 230 valence electrons. The van der Waals surface area contributed by atoms with E-state index in [9.17, 15) is 20.1 Å². The van der Waals surface area contributed by atoms with Crippen molar-refractivity contribution in [1.29, 1.82) is 0 Å². The Hall–Kier alpha value is -4.73. The summed E-state index contributed by atoms with van der Waals surface area (Å²) in [5.74, 6) is -0.0337. The van der Waals surface area contributed by atoms with E-state index in [1.807, 2.05) is 24.4 Å². The molecule has 0 bridgehead atoms. The minimum atomic E-state index is -0.391. The van der Waals surface area contributed by atoms with Gasteiger partial charge >= 0.3 is 0 Å². The highest BCUT2D eigenvalue weighted by molar-refractivity contribution is 5.93. The summed E-state index contributed by atoms with van der Waals surface area (Å²) < 4.78 is 23.5. The molecule has 0 radical (unpaired) electrons. The van der Waals surface area contributed by atoms with E-state index >= 15 is 0 Å². The number of aromatic amines is 1. The normalized spacial score (nSPS) is 12.0. The number of aliphatic hydroxyl groups is 1. The van der Waals surface area contributed by atoms with E-state index in [2.05, 4.69) is 24.0 Å². The predicted molar refractivity (Wildman–Crippen MR) is 169 cm³/mol. The van der Waals surface area contributed by atoms with Crippen molar-refractivity contribution in [3.05, 3.63) is 93.9 Å². The summed E-state index contributed by atoms with van der Waals surface area (Å²) in [5.41, 5.74) is 4.95. The van der Waals surface area contributed by atoms with Crippen molar-refractivity contribution in [2.24, 2.45) is 0 Å². The van der Waals surface area contributed by atoms with Gasteiger partial charge in [-0.3, -0.25) is 4.79 Å². The van der Waals surface area contributed by atoms with Gasteiger partial charge in [-0.1, -0.05) is 31.2 Å². The van der Waals surface area contributed by atoms with E-state index < -0.39 is 5.43 Å². The Morgan fingerprint density at radius 1 is 0.955 bits per heavy atom. The van der Waals surface area contributed by atoms with Crippen molar-refractivity contribution in [3.63, 3.8) is 0 Å². The zero-order chi connectivity index (χ0) is 31.2. The van der Waals surface area contributed by atoms with Crippen molar-refractivity contribution in [1.82, 2.24) is 4.98 Å². The number of fused-ring (bicyclic) bond motifs is 1. The summed E-state index contributed by atoms with van der Waals surface area (Å²) in [4.78, 5) is 17.0. The Kier molecular flexibility index (Phi) is 9.57. The molecule has 0 fully saturated rings. The van der Waals surface area contributed by atoms with Crippen LogP contribution >= 0.6 is 0 Å². The number of benzene rings is 3. The summed E-state index contributed by atoms with van der Waals surface area (Å²) in [6, 6.07) is 17.9. The number of aromatic nitrogens is 1. The van der Waals surface area contributed by atoms with Gasteiger partial charge in [0.05, 0.1) is 20.3 Å². The average Bonchev–Trinajstić information content (AvgIpc) is 3.52. The van der Waals surface area contributed by atoms with Gasteiger partial charge in [-0.15, -0.1) is 0 Å². The zero-order valence-corrected chi connectivity index (χ0v) is 25.1. The molecular weight excluding hydrogens is 562 g/mol. The first-order valence-electron chi connectivity index (χ1n) is 14.6. The number of phenolic OH excluding ortho intramolecular Hbond substituents is 2. The van der Waals surface area contributed by atoms with E-state index in [0.29, 0.717) is 24.2 Å². The highest BCUT2D eigenvalue weighted by Crippen LogP contribution is 2.47. The maximum atomic E-state index is 13.7. The standard InChI is InChI=1S/C35H37NO8/c1-4-26-16-24(19-36-26)22-7-5-8-23(15-22)25(20-41-2)17-28-32(40)35(42-3)34(43-14-6-13-37)31-29(39)18-30(44-33(28)31)21-9-11-27(38)12-10-21/h5,7-12,15-16,18-19,25,36-38,40H,4,6,13-14,17,20H2,1-3H3/t25-/m0/s1. The van der Waals surface area contributed by atoms with Crippen molar-refractivity contribution >= 4 is 11.0 Å². The topological polar surface area (TPSA) is 134 Å². The SMILES string of the molecule is CCc1cc(-c2cccc([C@H](COC)Cc3c(O)c(OC)c(OCCCO)c4c(=O)cc(-c5ccc(O)cc5)oc34)c2)c[nH]1. The summed E-state index contributed by atoms with van der Waals surface area (Å²) in [5, 5.41) is 30.9. The van der Waals surface area contributed by atoms with E-state index in [1.165, 1.54) is 25.3 Å². The van der Waals surface area contributed by atoms with Crippen LogP contribution in [0.25, 0.3) is 33.4 Å². The Bertz CT molecular complexity index is 1790. The maximum absolute atomic E-state index is 13.7. The molecule has 0 saturated heterocycles. The molecular formula is C35H37NO8. The molecule has 2 aromatic heterocycles. The van der Waals surface area contributed by atoms with Crippen molar-refractivity contribution in [3.8, 4) is 45.4 Å². The van der Waals surface area contributed by atoms with Gasteiger partial charge < -0.3 is 38.9 Å². The van der Waals surface area contributed by atoms with Crippen molar-refractivity contribution < 1.29 is 33.9 Å². The van der Waals surface area contributed by atoms with Crippen LogP contribution in [-0.4, -0.2) is 54.3 Å². The summed E-state index contributed by atoms with van der Waals surface area (Å²) >= 11 is 0. The fourth-order valence-corrected chi connectivity index (χ4v) is 5.41. The average molecular weight is 600 g/mol. The largest absolute Gasteiger partial charge is 0.508 e. The second-order valence-electron chi connectivity index (χ2n) is 10.6. The number of methoxy groups -OCH3 is 2. The highest BCUT2D eigenvalue weighted by atomic mass is 16.5. The van der Waals surface area contributed by atoms with Gasteiger partial charge in [0.2, 0.25) is 5.75 Å². The number of aromatic hydroxyl groups is 2. The highest BCUT2D eigenvalue weighted by Gasteiger charge is 2.28. The molecule has 0 spiro atoms. The molecule has 0 aliphatic heterocycles. The molecule has 0 aliphatic rings. The van der Waals surface area contributed by atoms with Crippen LogP contribution in [0, 0.1) is 0 Å². The molecule has 5 aromatic rings. The van der Waals surface area contributed by atoms with Gasteiger partial charge in [0, 0.05) is 55.1 Å². The first kappa shape index (κ1) is 30.7. The first-order valence-corrected chi connectivity index (χ1v) is 14.6. The molecule has 0 unspecified atom stereocenters. The molecule has 44 heavy (non-hydrogen) atoms. The van der Waals surface area contributed by atoms with Gasteiger partial charge in [0.25, 0.3) is 0 Å². The van der Waals surface area contributed by atoms with Crippen LogP contribution in [0.3, 0.4) is 0 Å². The van der Waals surface area contributed by atoms with Crippen LogP contribution < -0.4 is 14.9 Å². The number of phenols is 2. The Morgan fingerprint density at radius 2 is 1.75 bits per heavy atom. The molecule has 0 aliphatic carbocycles. The van der Waals surface area contributed by atoms with Gasteiger partial charge in [0.1, 0.15) is 22.5 Å². The lowest BCUT2D eigenvalue weighted by molar-refractivity contribution is 0.178. The third-order valence-electron chi connectivity index (χ3n) is 7.69. The number of aliphatic hydroxyl groups excluding tert-OH is 1. The van der Waals surface area contributed by atoms with Crippen LogP contribution in [0.1, 0.15) is 36.1 Å². The Morgan fingerprint density at radius 3 is 2.43 bits per heavy atom. The lowest BCUT2D eigenvalue weighted by atomic mass is 9.89. The molecule has 4 N–H and O–H groups in total. The van der Waals surface area contributed by atoms with Crippen LogP contribution in [0.15, 0.2) is 76.1 Å². The summed E-state index contributed by atoms with van der Waals surface area (Å²) in [7, 11) is 3.02. The summed E-state index contributed by atoms with van der Waals surface area (Å²) in [6.07, 6.45) is 3.46. The van der Waals surface area contributed by atoms with E-state index in [0.717, 1.165) is 28.8 Å². The zero-order valence-electron chi connectivity index (χ0n) is 25.1. The van der Waals surface area contributed by atoms with E-state index in [-0.39, 0.29) is 65.3 Å². The second kappa shape index (κ2) is 13.7. The van der Waals surface area contributed by atoms with Gasteiger partial charge in [0.15, 0.2) is 16.9 Å². The Labute approximate surface area is 255 Å². The minimum Gasteiger partial charge on any atom is -0.508 e. The monoisotopic (exact) mass is 599 g/mol. The lowest BCUT2D eigenvalue weighted by Gasteiger charge is -2.22. The minimum absolute atomic E-state index is 0.0134. The van der Waals surface area contributed by atoms with Gasteiger partial charge in [-0.25, -0.2) is 0 Å². The number of ether oxygens (including phenoxy) is 3.